The van der Waals surface area contributed by atoms with Crippen LogP contribution in [-0.2, 0) is 9.53 Å². The lowest BCUT2D eigenvalue weighted by molar-refractivity contribution is -0.142. The molecular weight excluding hydrogens is 220 g/mol. The zero-order valence-corrected chi connectivity index (χ0v) is 9.97. The van der Waals surface area contributed by atoms with E-state index in [0.29, 0.717) is 18.8 Å². The van der Waals surface area contributed by atoms with Crippen LogP contribution in [0.2, 0.25) is 0 Å². The van der Waals surface area contributed by atoms with Crippen LogP contribution < -0.4 is 10.1 Å². The molecule has 1 aliphatic heterocycles. The first-order chi connectivity index (χ1) is 8.19. The summed E-state index contributed by atoms with van der Waals surface area (Å²) >= 11 is 0. The van der Waals surface area contributed by atoms with E-state index in [9.17, 15) is 4.79 Å². The third-order valence-corrected chi connectivity index (χ3v) is 2.75. The Hall–Kier alpha value is -1.62. The van der Waals surface area contributed by atoms with Crippen molar-refractivity contribution in [2.45, 2.75) is 25.5 Å². The van der Waals surface area contributed by atoms with E-state index < -0.39 is 0 Å². The minimum absolute atomic E-state index is 0.0339. The van der Waals surface area contributed by atoms with E-state index in [4.69, 9.17) is 4.74 Å². The zero-order chi connectivity index (χ0) is 12.3. The molecule has 2 rings (SSSR count). The third-order valence-electron chi connectivity index (χ3n) is 2.75. The van der Waals surface area contributed by atoms with Gasteiger partial charge in [-0.1, -0.05) is 0 Å². The van der Waals surface area contributed by atoms with E-state index in [1.807, 2.05) is 19.1 Å². The number of aryl methyl sites for hydroxylation is 1. The Kier molecular flexibility index (Phi) is 3.58. The number of ether oxygens (including phenoxy) is 2. The van der Waals surface area contributed by atoms with Gasteiger partial charge in [0.1, 0.15) is 12.1 Å². The smallest absolute Gasteiger partial charge is 0.323 e. The molecule has 0 amide bonds. The van der Waals surface area contributed by atoms with Crippen molar-refractivity contribution in [3.8, 4) is 5.88 Å². The summed E-state index contributed by atoms with van der Waals surface area (Å²) in [6.07, 6.45) is 2.29. The van der Waals surface area contributed by atoms with Gasteiger partial charge in [-0.05, 0) is 18.6 Å². The Labute approximate surface area is 100 Å². The molecule has 5 heteroatoms. The van der Waals surface area contributed by atoms with Crippen molar-refractivity contribution in [2.75, 3.05) is 13.7 Å². The number of hydrogen-bond acceptors (Lipinski definition) is 5. The Morgan fingerprint density at radius 2 is 2.41 bits per heavy atom. The van der Waals surface area contributed by atoms with Crippen molar-refractivity contribution < 1.29 is 14.3 Å². The number of pyridine rings is 1. The van der Waals surface area contributed by atoms with Gasteiger partial charge in [-0.25, -0.2) is 4.98 Å². The van der Waals surface area contributed by atoms with Gasteiger partial charge >= 0.3 is 5.97 Å². The molecule has 1 saturated heterocycles. The standard InChI is InChI=1S/C12H16N2O3/c1-8-3-4-13-11(5-8)17-9-6-10(14-7-9)12(15)16-2/h3-5,9-10,14H,6-7H2,1-2H3/t9-,10-/m0/s1. The number of aromatic nitrogens is 1. The van der Waals surface area contributed by atoms with Crippen molar-refractivity contribution in [1.29, 1.82) is 0 Å². The highest BCUT2D eigenvalue weighted by Gasteiger charge is 2.31. The summed E-state index contributed by atoms with van der Waals surface area (Å²) in [7, 11) is 1.39. The molecule has 1 fully saturated rings. The lowest BCUT2D eigenvalue weighted by Crippen LogP contribution is -2.31. The fourth-order valence-electron chi connectivity index (χ4n) is 1.86. The number of nitrogens with zero attached hydrogens (tertiary/aromatic N) is 1. The van der Waals surface area contributed by atoms with E-state index in [2.05, 4.69) is 15.0 Å². The van der Waals surface area contributed by atoms with Crippen molar-refractivity contribution in [2.24, 2.45) is 0 Å². The summed E-state index contributed by atoms with van der Waals surface area (Å²) in [5.74, 6) is 0.357. The van der Waals surface area contributed by atoms with Gasteiger partial charge in [-0.3, -0.25) is 4.79 Å². The van der Waals surface area contributed by atoms with E-state index >= 15 is 0 Å². The summed E-state index contributed by atoms with van der Waals surface area (Å²) in [6, 6.07) is 3.53. The SMILES string of the molecule is COC(=O)[C@@H]1C[C@H](Oc2cc(C)ccn2)CN1. The first-order valence-electron chi connectivity index (χ1n) is 5.59. The van der Waals surface area contributed by atoms with Gasteiger partial charge in [0, 0.05) is 25.2 Å². The quantitative estimate of drug-likeness (QED) is 0.782. The number of methoxy groups -OCH3 is 1. The minimum Gasteiger partial charge on any atom is -0.473 e. The van der Waals surface area contributed by atoms with Crippen LogP contribution >= 0.6 is 0 Å². The fourth-order valence-corrected chi connectivity index (χ4v) is 1.86. The predicted molar refractivity (Wildman–Crippen MR) is 61.8 cm³/mol. The summed E-state index contributed by atoms with van der Waals surface area (Å²) in [6.45, 7) is 2.62. The lowest BCUT2D eigenvalue weighted by atomic mass is 10.2. The molecule has 17 heavy (non-hydrogen) atoms. The van der Waals surface area contributed by atoms with Gasteiger partial charge < -0.3 is 14.8 Å². The molecule has 0 bridgehead atoms. The van der Waals surface area contributed by atoms with Crippen molar-refractivity contribution in [3.05, 3.63) is 23.9 Å². The average Bonchev–Trinajstić information content (AvgIpc) is 2.76. The normalized spacial score (nSPS) is 23.4. The minimum atomic E-state index is -0.269. The first kappa shape index (κ1) is 11.9. The predicted octanol–water partition coefficient (Wildman–Crippen LogP) is 0.672. The van der Waals surface area contributed by atoms with E-state index in [1.165, 1.54) is 7.11 Å². The fraction of sp³-hybridized carbons (Fsp3) is 0.500. The van der Waals surface area contributed by atoms with Gasteiger partial charge in [0.15, 0.2) is 0 Å². The second-order valence-electron chi connectivity index (χ2n) is 4.13. The summed E-state index contributed by atoms with van der Waals surface area (Å²) in [5.41, 5.74) is 1.10. The highest BCUT2D eigenvalue weighted by Crippen LogP contribution is 2.16. The average molecular weight is 236 g/mol. The van der Waals surface area contributed by atoms with Gasteiger partial charge in [0.2, 0.25) is 5.88 Å². The molecule has 0 radical (unpaired) electrons. The van der Waals surface area contributed by atoms with Gasteiger partial charge in [0.25, 0.3) is 0 Å². The van der Waals surface area contributed by atoms with Crippen LogP contribution in [0.25, 0.3) is 0 Å². The molecule has 92 valence electrons. The topological polar surface area (TPSA) is 60.5 Å². The van der Waals surface area contributed by atoms with E-state index in [1.54, 1.807) is 6.20 Å². The summed E-state index contributed by atoms with van der Waals surface area (Å²) in [4.78, 5) is 15.4. The molecule has 0 unspecified atom stereocenters. The summed E-state index contributed by atoms with van der Waals surface area (Å²) < 4.78 is 10.4. The second kappa shape index (κ2) is 5.14. The Balaban J connectivity index is 1.92. The molecule has 0 saturated carbocycles. The molecule has 1 N–H and O–H groups in total. The Bertz CT molecular complexity index is 408. The number of esters is 1. The maximum absolute atomic E-state index is 11.3. The van der Waals surface area contributed by atoms with E-state index in [-0.39, 0.29) is 18.1 Å². The number of hydrogen-bond donors (Lipinski definition) is 1. The number of carbonyl (C=O) groups excluding carboxylic acids is 1. The molecular formula is C12H16N2O3. The first-order valence-corrected chi connectivity index (χ1v) is 5.59. The molecule has 0 aliphatic carbocycles. The molecule has 1 aromatic rings. The maximum Gasteiger partial charge on any atom is 0.323 e. The van der Waals surface area contributed by atoms with Crippen LogP contribution in [0, 0.1) is 6.92 Å². The molecule has 0 spiro atoms. The van der Waals surface area contributed by atoms with Crippen LogP contribution in [0.5, 0.6) is 5.88 Å². The number of carbonyl (C=O) groups is 1. The largest absolute Gasteiger partial charge is 0.473 e. The van der Waals surface area contributed by atoms with Crippen molar-refractivity contribution in [3.63, 3.8) is 0 Å². The van der Waals surface area contributed by atoms with E-state index in [0.717, 1.165) is 5.56 Å². The summed E-state index contributed by atoms with van der Waals surface area (Å²) in [5, 5.41) is 3.06. The van der Waals surface area contributed by atoms with Crippen LogP contribution in [0.15, 0.2) is 18.3 Å². The number of nitrogens with one attached hydrogen (secondary N) is 1. The van der Waals surface area contributed by atoms with Gasteiger partial charge in [-0.2, -0.15) is 0 Å². The van der Waals surface area contributed by atoms with Crippen LogP contribution in [0.1, 0.15) is 12.0 Å². The van der Waals surface area contributed by atoms with Gasteiger partial charge in [-0.15, -0.1) is 0 Å². The van der Waals surface area contributed by atoms with Crippen LogP contribution in [0.3, 0.4) is 0 Å². The van der Waals surface area contributed by atoms with Crippen LogP contribution in [-0.4, -0.2) is 36.8 Å². The molecule has 1 aliphatic rings. The zero-order valence-electron chi connectivity index (χ0n) is 9.97. The Morgan fingerprint density at radius 1 is 1.59 bits per heavy atom. The van der Waals surface area contributed by atoms with Gasteiger partial charge in [0.05, 0.1) is 7.11 Å². The monoisotopic (exact) mass is 236 g/mol. The van der Waals surface area contributed by atoms with Crippen molar-refractivity contribution >= 4 is 5.97 Å². The number of rotatable bonds is 3. The molecule has 5 nitrogen and oxygen atoms in total. The highest BCUT2D eigenvalue weighted by molar-refractivity contribution is 5.76. The van der Waals surface area contributed by atoms with Crippen molar-refractivity contribution in [1.82, 2.24) is 10.3 Å². The second-order valence-corrected chi connectivity index (χ2v) is 4.13. The molecule has 1 aromatic heterocycles. The molecule has 2 heterocycles. The highest BCUT2D eigenvalue weighted by atomic mass is 16.5. The Morgan fingerprint density at radius 3 is 3.12 bits per heavy atom. The molecule has 0 aromatic carbocycles. The van der Waals surface area contributed by atoms with Crippen LogP contribution in [0.4, 0.5) is 0 Å². The lowest BCUT2D eigenvalue weighted by Gasteiger charge is -2.11. The maximum atomic E-state index is 11.3. The molecule has 2 atom stereocenters. The third kappa shape index (κ3) is 2.94.